The van der Waals surface area contributed by atoms with E-state index in [1.54, 1.807) is 0 Å². The highest BCUT2D eigenvalue weighted by Gasteiger charge is 2.23. The van der Waals surface area contributed by atoms with E-state index in [0.29, 0.717) is 0 Å². The molecule has 33 heavy (non-hydrogen) atoms. The van der Waals surface area contributed by atoms with Gasteiger partial charge in [0.2, 0.25) is 0 Å². The van der Waals surface area contributed by atoms with Gasteiger partial charge in [0, 0.05) is 36.6 Å². The molecule has 0 aliphatic heterocycles. The first-order valence-electron chi connectivity index (χ1n) is 10.2. The molecule has 0 unspecified atom stereocenters. The van der Waals surface area contributed by atoms with Gasteiger partial charge in [0.05, 0.1) is 10.2 Å². The minimum Gasteiger partial charge on any atom is -0.759 e. The zero-order valence-corrected chi connectivity index (χ0v) is 20.0. The molecule has 2 aromatic rings. The second-order valence-electron chi connectivity index (χ2n) is 6.11. The molecule has 0 saturated carbocycles. The molecule has 0 atom stereocenters. The second-order valence-corrected chi connectivity index (χ2v) is 6.93. The van der Waals surface area contributed by atoms with E-state index in [-0.39, 0.29) is 0 Å². The lowest BCUT2D eigenvalue weighted by molar-refractivity contribution is 0.302. The summed E-state index contributed by atoms with van der Waals surface area (Å²) in [5.41, 5.74) is 1.72. The van der Waals surface area contributed by atoms with Gasteiger partial charge in [0.15, 0.2) is 0 Å². The van der Waals surface area contributed by atoms with Crippen molar-refractivity contribution in [1.29, 1.82) is 10.8 Å². The third-order valence-corrected chi connectivity index (χ3v) is 4.14. The Morgan fingerprint density at radius 1 is 0.667 bits per heavy atom. The molecule has 12 nitrogen and oxygen atoms in total. The summed E-state index contributed by atoms with van der Waals surface area (Å²) < 4.78 is 34.1. The van der Waals surface area contributed by atoms with Crippen LogP contribution in [0.4, 0.5) is 11.4 Å². The molecule has 0 aromatic heterocycles. The maximum Gasteiger partial charge on any atom is 0.328 e. The Hall–Kier alpha value is -3.33. The molecule has 0 spiro atoms. The van der Waals surface area contributed by atoms with Crippen molar-refractivity contribution >= 4 is 21.8 Å². The van der Waals surface area contributed by atoms with Crippen LogP contribution in [0.5, 0.6) is 0 Å². The fraction of sp³-hybridized carbons (Fsp3) is 0.400. The number of benzene rings is 2. The Labute approximate surface area is 195 Å². The van der Waals surface area contributed by atoms with Crippen LogP contribution in [0.25, 0.3) is 10.2 Å². The number of para-hydroxylation sites is 2. The molecular weight excluding hydrogens is 448 g/mol. The Bertz CT molecular complexity index is 884. The van der Waals surface area contributed by atoms with Crippen molar-refractivity contribution in [3.05, 3.63) is 70.8 Å². The molecule has 180 valence electrons. The predicted molar refractivity (Wildman–Crippen MR) is 124 cm³/mol. The van der Waals surface area contributed by atoms with Gasteiger partial charge >= 0.3 is 10.2 Å². The molecule has 0 radical (unpaired) electrons. The van der Waals surface area contributed by atoms with Crippen LogP contribution in [-0.2, 0) is 10.4 Å². The molecule has 0 aliphatic rings. The van der Waals surface area contributed by atoms with Crippen molar-refractivity contribution < 1.29 is 17.5 Å². The van der Waals surface area contributed by atoms with E-state index in [1.165, 1.54) is 10.2 Å². The largest absolute Gasteiger partial charge is 0.759 e. The van der Waals surface area contributed by atoms with E-state index in [1.807, 2.05) is 98.4 Å². The van der Waals surface area contributed by atoms with Crippen LogP contribution in [0, 0.1) is 10.8 Å². The second kappa shape index (κ2) is 16.3. The fourth-order valence-electron chi connectivity index (χ4n) is 2.65. The normalized spacial score (nSPS) is 10.1. The number of hydrazine groups is 2. The van der Waals surface area contributed by atoms with Gasteiger partial charge in [-0.3, -0.25) is 8.42 Å². The summed E-state index contributed by atoms with van der Waals surface area (Å²) in [5, 5.41) is 31.2. The molecule has 0 fully saturated rings. The smallest absolute Gasteiger partial charge is 0.328 e. The number of hydrogen-bond acceptors (Lipinski definition) is 10. The molecular formula is C20H30N8O4S. The number of hydrogen-bond donors (Lipinski definition) is 0. The van der Waals surface area contributed by atoms with Crippen molar-refractivity contribution in [2.24, 2.45) is 0 Å². The topological polar surface area (TPSA) is 150 Å². The van der Waals surface area contributed by atoms with Crippen LogP contribution >= 0.6 is 0 Å². The van der Waals surface area contributed by atoms with E-state index in [9.17, 15) is 0 Å². The van der Waals surface area contributed by atoms with Gasteiger partial charge in [0.25, 0.3) is 10.8 Å². The molecule has 0 amide bonds. The lowest BCUT2D eigenvalue weighted by atomic mass is 10.3. The Morgan fingerprint density at radius 2 is 0.909 bits per heavy atom. The molecule has 2 rings (SSSR count). The summed E-state index contributed by atoms with van der Waals surface area (Å²) in [6, 6.07) is 19.1. The quantitative estimate of drug-likeness (QED) is 0.238. The van der Waals surface area contributed by atoms with Crippen LogP contribution in [0.2, 0.25) is 0 Å². The number of anilines is 2. The van der Waals surface area contributed by atoms with Crippen LogP contribution in [0.15, 0.2) is 60.7 Å². The average molecular weight is 479 g/mol. The van der Waals surface area contributed by atoms with Crippen molar-refractivity contribution in [3.63, 3.8) is 0 Å². The highest BCUT2D eigenvalue weighted by atomic mass is 32.3. The van der Waals surface area contributed by atoms with Gasteiger partial charge in [-0.1, -0.05) is 64.1 Å². The van der Waals surface area contributed by atoms with Crippen LogP contribution in [0.3, 0.4) is 0 Å². The predicted octanol–water partition coefficient (Wildman–Crippen LogP) is 3.70. The average Bonchev–Trinajstić information content (AvgIpc) is 2.81. The third-order valence-electron chi connectivity index (χ3n) is 4.14. The van der Waals surface area contributed by atoms with Gasteiger partial charge in [-0.15, -0.1) is 10.0 Å². The lowest BCUT2D eigenvalue weighted by Gasteiger charge is -2.17. The minimum atomic E-state index is -5.17. The van der Waals surface area contributed by atoms with Crippen LogP contribution in [-0.4, -0.2) is 53.7 Å². The first-order chi connectivity index (χ1) is 15.7. The minimum absolute atomic E-state index is 0.801. The van der Waals surface area contributed by atoms with Crippen LogP contribution < -0.4 is 10.2 Å². The highest BCUT2D eigenvalue weighted by molar-refractivity contribution is 7.79. The Morgan fingerprint density at radius 3 is 1.09 bits per heavy atom. The van der Waals surface area contributed by atoms with E-state index in [2.05, 4.69) is 10.2 Å². The maximum absolute atomic E-state index is 8.92. The number of nitrogens with zero attached hydrogens (tertiary/aromatic N) is 8. The SMILES string of the molecule is CCN(CC)N([N+]#N)c1ccccc1.CCN(CC)N([N+]#N)c1ccccc1.O=S(=O)([O-])[O-]. The van der Waals surface area contributed by atoms with E-state index in [0.717, 1.165) is 37.6 Å². The van der Waals surface area contributed by atoms with E-state index >= 15 is 0 Å². The monoisotopic (exact) mass is 478 g/mol. The number of diazo groups is 2. The van der Waals surface area contributed by atoms with Gasteiger partial charge in [-0.25, -0.2) is 0 Å². The third kappa shape index (κ3) is 12.3. The van der Waals surface area contributed by atoms with Gasteiger partial charge in [-0.2, -0.15) is 0 Å². The Kier molecular flexibility index (Phi) is 14.7. The highest BCUT2D eigenvalue weighted by Crippen LogP contribution is 2.16. The zero-order chi connectivity index (χ0) is 25.3. The summed E-state index contributed by atoms with van der Waals surface area (Å²) in [6.07, 6.45) is 0. The van der Waals surface area contributed by atoms with Gasteiger partial charge in [-0.05, 0) is 24.3 Å². The Balaban J connectivity index is 0.000000517. The van der Waals surface area contributed by atoms with Crippen molar-refractivity contribution in [1.82, 2.24) is 10.0 Å². The summed E-state index contributed by atoms with van der Waals surface area (Å²) in [5.74, 6) is 0. The van der Waals surface area contributed by atoms with Crippen LogP contribution in [0.1, 0.15) is 27.7 Å². The summed E-state index contributed by atoms with van der Waals surface area (Å²) in [6.45, 7) is 11.3. The number of rotatable bonds is 8. The molecule has 0 heterocycles. The summed E-state index contributed by atoms with van der Waals surface area (Å²) >= 11 is 0. The molecule has 2 aromatic carbocycles. The molecule has 13 heteroatoms. The first kappa shape index (κ1) is 29.7. The summed E-state index contributed by atoms with van der Waals surface area (Å²) in [7, 11) is -5.17. The molecule has 0 aliphatic carbocycles. The summed E-state index contributed by atoms with van der Waals surface area (Å²) in [4.78, 5) is 0. The van der Waals surface area contributed by atoms with Gasteiger partial charge in [0.1, 0.15) is 11.4 Å². The van der Waals surface area contributed by atoms with Crippen molar-refractivity contribution in [2.45, 2.75) is 27.7 Å². The zero-order valence-electron chi connectivity index (χ0n) is 19.2. The van der Waals surface area contributed by atoms with E-state index in [4.69, 9.17) is 28.3 Å². The molecule has 0 N–H and O–H groups in total. The molecule has 0 saturated heterocycles. The standard InChI is InChI=1S/2C10H15N4.H2O4S/c2*1-3-13(4-2)14(12-11)10-8-6-5-7-9-10;1-5(2,3)4/h2*5-9H,3-4H2,1-2H3;(H2,1,2,3,4)/q2*+1;/p-2. The van der Waals surface area contributed by atoms with Crippen molar-refractivity contribution in [2.75, 3.05) is 36.4 Å². The van der Waals surface area contributed by atoms with Crippen molar-refractivity contribution in [3.8, 4) is 0 Å². The van der Waals surface area contributed by atoms with Gasteiger partial charge < -0.3 is 9.11 Å². The molecule has 0 bridgehead atoms. The fourth-order valence-corrected chi connectivity index (χ4v) is 2.65. The first-order valence-corrected chi connectivity index (χ1v) is 11.6. The lowest BCUT2D eigenvalue weighted by Crippen LogP contribution is -2.37. The van der Waals surface area contributed by atoms with E-state index < -0.39 is 10.4 Å². The maximum atomic E-state index is 8.92.